The van der Waals surface area contributed by atoms with E-state index in [1.54, 1.807) is 4.90 Å². The number of hydrogen-bond acceptors (Lipinski definition) is 7. The van der Waals surface area contributed by atoms with Crippen molar-refractivity contribution >= 4 is 34.3 Å². The molecule has 9 nitrogen and oxygen atoms in total. The number of ether oxygens (including phenoxy) is 1. The van der Waals surface area contributed by atoms with Gasteiger partial charge < -0.3 is 20.7 Å². The highest BCUT2D eigenvalue weighted by Gasteiger charge is 2.31. The number of aromatic nitrogens is 4. The van der Waals surface area contributed by atoms with Gasteiger partial charge in [-0.2, -0.15) is 18.3 Å². The molecule has 0 spiro atoms. The van der Waals surface area contributed by atoms with Crippen LogP contribution in [0.3, 0.4) is 0 Å². The van der Waals surface area contributed by atoms with Gasteiger partial charge >= 0.3 is 12.3 Å². The molecule has 5 rings (SSSR count). The van der Waals surface area contributed by atoms with Crippen LogP contribution in [0.2, 0.25) is 0 Å². The number of amides is 1. The molecular formula is C28H30F3N7O2. The molecule has 1 amide bonds. The minimum atomic E-state index is -4.39. The predicted molar refractivity (Wildman–Crippen MR) is 146 cm³/mol. The molecule has 2 aromatic carbocycles. The Morgan fingerprint density at radius 3 is 2.30 bits per heavy atom. The second-order valence-corrected chi connectivity index (χ2v) is 10.8. The summed E-state index contributed by atoms with van der Waals surface area (Å²) in [5, 5.41) is 8.61. The van der Waals surface area contributed by atoms with Crippen molar-refractivity contribution in [1.82, 2.24) is 24.6 Å². The van der Waals surface area contributed by atoms with Gasteiger partial charge in [0.25, 0.3) is 0 Å². The number of halogens is 3. The number of nitrogens with two attached hydrogens (primary N) is 1. The van der Waals surface area contributed by atoms with Crippen molar-refractivity contribution in [2.24, 2.45) is 0 Å². The number of nitrogen functional groups attached to an aromatic ring is 1. The number of likely N-dealkylation sites (tertiary alicyclic amines) is 1. The van der Waals surface area contributed by atoms with E-state index in [0.29, 0.717) is 41.2 Å². The van der Waals surface area contributed by atoms with Crippen LogP contribution in [0.4, 0.5) is 35.2 Å². The summed E-state index contributed by atoms with van der Waals surface area (Å²) in [6, 6.07) is 12.0. The van der Waals surface area contributed by atoms with Crippen molar-refractivity contribution < 1.29 is 22.7 Å². The highest BCUT2D eigenvalue weighted by molar-refractivity contribution is 5.98. The molecule has 3 N–H and O–H groups in total. The number of carbonyl (C=O) groups is 1. The lowest BCUT2D eigenvalue weighted by Gasteiger charge is -2.34. The lowest BCUT2D eigenvalue weighted by molar-refractivity contribution is -0.137. The summed E-state index contributed by atoms with van der Waals surface area (Å²) in [5.74, 6) is 0.290. The Hall–Kier alpha value is -4.35. The van der Waals surface area contributed by atoms with E-state index in [0.717, 1.165) is 30.5 Å². The van der Waals surface area contributed by atoms with E-state index >= 15 is 0 Å². The second kappa shape index (κ2) is 10.3. The summed E-state index contributed by atoms with van der Waals surface area (Å²) < 4.78 is 46.0. The van der Waals surface area contributed by atoms with E-state index in [2.05, 4.69) is 15.3 Å². The Balaban J connectivity index is 1.40. The number of fused-ring (bicyclic) bond motifs is 1. The van der Waals surface area contributed by atoms with Gasteiger partial charge in [-0.3, -0.25) is 0 Å². The maximum absolute atomic E-state index is 12.9. The first kappa shape index (κ1) is 27.2. The van der Waals surface area contributed by atoms with Gasteiger partial charge in [0.2, 0.25) is 0 Å². The first-order valence-electron chi connectivity index (χ1n) is 12.9. The zero-order valence-corrected chi connectivity index (χ0v) is 22.4. The third-order valence-corrected chi connectivity index (χ3v) is 6.57. The Kier molecular flexibility index (Phi) is 7.03. The topological polar surface area (TPSA) is 111 Å². The molecule has 1 atom stereocenters. The Morgan fingerprint density at radius 2 is 1.68 bits per heavy atom. The number of nitrogens with zero attached hydrogens (tertiary/aromatic N) is 5. The minimum Gasteiger partial charge on any atom is -0.444 e. The van der Waals surface area contributed by atoms with E-state index in [1.807, 2.05) is 49.7 Å². The van der Waals surface area contributed by atoms with Crippen LogP contribution in [0.25, 0.3) is 22.3 Å². The first-order chi connectivity index (χ1) is 18.9. The molecular weight excluding hydrogens is 523 g/mol. The minimum absolute atomic E-state index is 0.132. The smallest absolute Gasteiger partial charge is 0.416 e. The van der Waals surface area contributed by atoms with Crippen molar-refractivity contribution in [3.05, 3.63) is 60.4 Å². The van der Waals surface area contributed by atoms with Gasteiger partial charge in [-0.1, -0.05) is 12.1 Å². The quantitative estimate of drug-likeness (QED) is 0.300. The second-order valence-electron chi connectivity index (χ2n) is 10.8. The maximum Gasteiger partial charge on any atom is 0.416 e. The highest BCUT2D eigenvalue weighted by atomic mass is 19.4. The molecule has 0 radical (unpaired) electrons. The molecule has 0 saturated carbocycles. The number of rotatable bonds is 4. The molecule has 40 heavy (non-hydrogen) atoms. The molecule has 4 aromatic rings. The van der Waals surface area contributed by atoms with Crippen molar-refractivity contribution in [1.29, 1.82) is 0 Å². The lowest BCUT2D eigenvalue weighted by atomic mass is 10.1. The number of carbonyl (C=O) groups excluding carboxylic acids is 1. The monoisotopic (exact) mass is 553 g/mol. The number of benzene rings is 2. The van der Waals surface area contributed by atoms with Crippen LogP contribution < -0.4 is 11.1 Å². The van der Waals surface area contributed by atoms with Crippen LogP contribution in [-0.2, 0) is 10.9 Å². The number of nitrogens with one attached hydrogen (secondary N) is 1. The zero-order valence-electron chi connectivity index (χ0n) is 22.4. The third kappa shape index (κ3) is 5.80. The molecule has 1 fully saturated rings. The summed E-state index contributed by atoms with van der Waals surface area (Å²) in [6.45, 7) is 6.53. The first-order valence-corrected chi connectivity index (χ1v) is 12.9. The van der Waals surface area contributed by atoms with Crippen molar-refractivity contribution in [3.63, 3.8) is 0 Å². The van der Waals surface area contributed by atoms with Crippen molar-refractivity contribution in [2.45, 2.75) is 51.4 Å². The standard InChI is InChI=1S/C28H30F3N7O2/c1-27(2,3)40-26(39)37-14-4-5-21(15-37)38-25-22(24(32)33-16-34-25)23(36-38)17-6-10-19(11-7-17)35-20-12-8-18(9-13-20)28(29,30)31/h6-13,16,21,35H,4-5,14-15H2,1-3H3,(H2,32,33,34). The van der Waals surface area contributed by atoms with E-state index in [1.165, 1.54) is 18.5 Å². The van der Waals surface area contributed by atoms with E-state index in [9.17, 15) is 18.0 Å². The molecule has 12 heteroatoms. The van der Waals surface area contributed by atoms with Crippen LogP contribution >= 0.6 is 0 Å². The Labute approximate surface area is 229 Å². The van der Waals surface area contributed by atoms with Gasteiger partial charge in [0.15, 0.2) is 5.65 Å². The number of piperidine rings is 1. The van der Waals surface area contributed by atoms with Gasteiger partial charge in [0.05, 0.1) is 17.0 Å². The van der Waals surface area contributed by atoms with Crippen LogP contribution in [0.15, 0.2) is 54.9 Å². The molecule has 2 aromatic heterocycles. The molecule has 0 aliphatic carbocycles. The SMILES string of the molecule is CC(C)(C)OC(=O)N1CCCC(n2nc(-c3ccc(Nc4ccc(C(F)(F)F)cc4)cc3)c3c(N)ncnc32)C1. The zero-order chi connectivity index (χ0) is 28.7. The average molecular weight is 554 g/mol. The molecule has 0 bridgehead atoms. The molecule has 1 aliphatic heterocycles. The van der Waals surface area contributed by atoms with Crippen molar-refractivity contribution in [3.8, 4) is 11.3 Å². The Morgan fingerprint density at radius 1 is 1.02 bits per heavy atom. The number of alkyl halides is 3. The van der Waals surface area contributed by atoms with E-state index in [-0.39, 0.29) is 18.0 Å². The van der Waals surface area contributed by atoms with E-state index in [4.69, 9.17) is 15.6 Å². The number of anilines is 3. The summed E-state index contributed by atoms with van der Waals surface area (Å²) in [6.07, 6.45) is -1.77. The fourth-order valence-electron chi connectivity index (χ4n) is 4.72. The van der Waals surface area contributed by atoms with Crippen LogP contribution in [0.1, 0.15) is 45.2 Å². The number of hydrogen-bond donors (Lipinski definition) is 2. The summed E-state index contributed by atoms with van der Waals surface area (Å²) in [7, 11) is 0. The fourth-order valence-corrected chi connectivity index (χ4v) is 4.72. The molecule has 1 saturated heterocycles. The predicted octanol–water partition coefficient (Wildman–Crippen LogP) is 6.41. The van der Waals surface area contributed by atoms with Gasteiger partial charge in [0.1, 0.15) is 23.4 Å². The van der Waals surface area contributed by atoms with Gasteiger partial charge in [-0.25, -0.2) is 19.4 Å². The Bertz CT molecular complexity index is 1510. The fraction of sp³-hybridized carbons (Fsp3) is 0.357. The summed E-state index contributed by atoms with van der Waals surface area (Å²) >= 11 is 0. The normalized spacial score (nSPS) is 16.2. The van der Waals surface area contributed by atoms with Gasteiger partial charge in [0, 0.05) is 30.0 Å². The van der Waals surface area contributed by atoms with E-state index < -0.39 is 17.3 Å². The third-order valence-electron chi connectivity index (χ3n) is 6.57. The summed E-state index contributed by atoms with van der Waals surface area (Å²) in [5.41, 5.74) is 8.14. The maximum atomic E-state index is 12.9. The molecule has 1 unspecified atom stereocenters. The van der Waals surface area contributed by atoms with Gasteiger partial charge in [-0.05, 0) is 70.0 Å². The molecule has 3 heterocycles. The molecule has 210 valence electrons. The summed E-state index contributed by atoms with van der Waals surface area (Å²) in [4.78, 5) is 23.1. The highest BCUT2D eigenvalue weighted by Crippen LogP contribution is 2.35. The van der Waals surface area contributed by atoms with Crippen molar-refractivity contribution in [2.75, 3.05) is 24.1 Å². The van der Waals surface area contributed by atoms with Crippen LogP contribution in [0, 0.1) is 0 Å². The molecule has 1 aliphatic rings. The van der Waals surface area contributed by atoms with Crippen LogP contribution in [-0.4, -0.2) is 49.4 Å². The lowest BCUT2D eigenvalue weighted by Crippen LogP contribution is -2.43. The van der Waals surface area contributed by atoms with Gasteiger partial charge in [-0.15, -0.1) is 0 Å². The van der Waals surface area contributed by atoms with Crippen LogP contribution in [0.5, 0.6) is 0 Å². The average Bonchev–Trinajstić information content (AvgIpc) is 3.29. The largest absolute Gasteiger partial charge is 0.444 e.